The maximum absolute atomic E-state index is 12.5. The van der Waals surface area contributed by atoms with Gasteiger partial charge in [0, 0.05) is 10.6 Å². The highest BCUT2D eigenvalue weighted by Gasteiger charge is 2.21. The van der Waals surface area contributed by atoms with Crippen LogP contribution in [0.5, 0.6) is 0 Å². The molecule has 0 radical (unpaired) electrons. The SMILES string of the molecule is CCCCCCC(C(C)O)n1cnc2c(=O)[nH]c(-c3ccc(Cl)cc3)nc21. The Bertz CT molecular complexity index is 947. The number of unbranched alkanes of at least 4 members (excludes halogenated alkanes) is 3. The van der Waals surface area contributed by atoms with Crippen LogP contribution in [0.3, 0.4) is 0 Å². The molecular weight excluding hydrogens is 364 g/mol. The molecule has 2 atom stereocenters. The number of imidazole rings is 1. The van der Waals surface area contributed by atoms with E-state index >= 15 is 0 Å². The van der Waals surface area contributed by atoms with Gasteiger partial charge in [0.2, 0.25) is 0 Å². The molecule has 2 aromatic heterocycles. The lowest BCUT2D eigenvalue weighted by Gasteiger charge is -2.22. The monoisotopic (exact) mass is 388 g/mol. The Labute approximate surface area is 163 Å². The van der Waals surface area contributed by atoms with Gasteiger partial charge in [-0.3, -0.25) is 4.79 Å². The normalized spacial score (nSPS) is 13.8. The molecule has 144 valence electrons. The Morgan fingerprint density at radius 3 is 2.63 bits per heavy atom. The minimum Gasteiger partial charge on any atom is -0.391 e. The molecule has 0 saturated carbocycles. The summed E-state index contributed by atoms with van der Waals surface area (Å²) in [6.07, 6.45) is 6.32. The number of hydrogen-bond acceptors (Lipinski definition) is 4. The number of hydrogen-bond donors (Lipinski definition) is 2. The van der Waals surface area contributed by atoms with Crippen LogP contribution >= 0.6 is 11.6 Å². The van der Waals surface area contributed by atoms with E-state index in [4.69, 9.17) is 11.6 Å². The van der Waals surface area contributed by atoms with Gasteiger partial charge in [-0.15, -0.1) is 0 Å². The lowest BCUT2D eigenvalue weighted by molar-refractivity contribution is 0.124. The summed E-state index contributed by atoms with van der Waals surface area (Å²) < 4.78 is 1.83. The summed E-state index contributed by atoms with van der Waals surface area (Å²) in [6, 6.07) is 6.96. The van der Waals surface area contributed by atoms with Crippen molar-refractivity contribution in [3.8, 4) is 11.4 Å². The average Bonchev–Trinajstić information content (AvgIpc) is 3.06. The van der Waals surface area contributed by atoms with E-state index in [9.17, 15) is 9.90 Å². The fourth-order valence-electron chi connectivity index (χ4n) is 3.31. The number of nitrogens with one attached hydrogen (secondary N) is 1. The molecule has 2 heterocycles. The predicted molar refractivity (Wildman–Crippen MR) is 108 cm³/mol. The Kier molecular flexibility index (Phi) is 6.29. The van der Waals surface area contributed by atoms with E-state index in [1.54, 1.807) is 25.4 Å². The first-order valence-corrected chi connectivity index (χ1v) is 9.80. The Hall–Kier alpha value is -2.18. The Balaban J connectivity index is 2.00. The number of benzene rings is 1. The van der Waals surface area contributed by atoms with E-state index in [1.165, 1.54) is 6.42 Å². The molecule has 0 spiro atoms. The highest BCUT2D eigenvalue weighted by molar-refractivity contribution is 6.30. The van der Waals surface area contributed by atoms with Crippen molar-refractivity contribution >= 4 is 22.8 Å². The van der Waals surface area contributed by atoms with Crippen LogP contribution in [0, 0.1) is 0 Å². The smallest absolute Gasteiger partial charge is 0.279 e. The number of aliphatic hydroxyl groups is 1. The third kappa shape index (κ3) is 4.39. The third-order valence-corrected chi connectivity index (χ3v) is 5.07. The van der Waals surface area contributed by atoms with Crippen LogP contribution < -0.4 is 5.56 Å². The zero-order valence-electron chi connectivity index (χ0n) is 15.7. The molecule has 6 nitrogen and oxygen atoms in total. The van der Waals surface area contributed by atoms with E-state index < -0.39 is 6.10 Å². The molecule has 2 unspecified atom stereocenters. The standard InChI is InChI=1S/C20H25ClN4O2/c1-3-4-5-6-7-16(13(2)26)25-12-22-17-19(25)23-18(24-20(17)27)14-8-10-15(21)11-9-14/h8-13,16,26H,3-7H2,1-2H3,(H,23,24,27). The van der Waals surface area contributed by atoms with Crippen LogP contribution in [0.1, 0.15) is 52.0 Å². The lowest BCUT2D eigenvalue weighted by Crippen LogP contribution is -2.22. The first-order valence-electron chi connectivity index (χ1n) is 9.42. The van der Waals surface area contributed by atoms with Gasteiger partial charge in [-0.2, -0.15) is 0 Å². The summed E-state index contributed by atoms with van der Waals surface area (Å²) in [5.41, 5.74) is 1.25. The van der Waals surface area contributed by atoms with Crippen LogP contribution in [0.4, 0.5) is 0 Å². The quantitative estimate of drug-likeness (QED) is 0.562. The molecule has 0 aliphatic carbocycles. The molecular formula is C20H25ClN4O2. The van der Waals surface area contributed by atoms with Crippen molar-refractivity contribution < 1.29 is 5.11 Å². The third-order valence-electron chi connectivity index (χ3n) is 4.82. The molecule has 27 heavy (non-hydrogen) atoms. The summed E-state index contributed by atoms with van der Waals surface area (Å²) in [6.45, 7) is 3.94. The highest BCUT2D eigenvalue weighted by Crippen LogP contribution is 2.25. The number of nitrogens with zero attached hydrogens (tertiary/aromatic N) is 3. The second kappa shape index (κ2) is 8.67. The maximum Gasteiger partial charge on any atom is 0.279 e. The summed E-state index contributed by atoms with van der Waals surface area (Å²) in [5.74, 6) is 0.459. The summed E-state index contributed by atoms with van der Waals surface area (Å²) in [4.78, 5) is 24.1. The number of aromatic nitrogens is 4. The van der Waals surface area contributed by atoms with Crippen molar-refractivity contribution in [3.63, 3.8) is 0 Å². The summed E-state index contributed by atoms with van der Waals surface area (Å²) in [7, 11) is 0. The fourth-order valence-corrected chi connectivity index (χ4v) is 3.43. The second-order valence-corrected chi connectivity index (χ2v) is 7.34. The number of aromatic amines is 1. The molecule has 1 aromatic carbocycles. The predicted octanol–water partition coefficient (Wildman–Crippen LogP) is 4.33. The van der Waals surface area contributed by atoms with Gasteiger partial charge in [-0.25, -0.2) is 9.97 Å². The molecule has 0 aliphatic rings. The van der Waals surface area contributed by atoms with Crippen molar-refractivity contribution in [2.75, 3.05) is 0 Å². The number of fused-ring (bicyclic) bond motifs is 1. The van der Waals surface area contributed by atoms with Crippen molar-refractivity contribution in [1.29, 1.82) is 0 Å². The zero-order valence-corrected chi connectivity index (χ0v) is 16.4. The van der Waals surface area contributed by atoms with Crippen LogP contribution in [0.15, 0.2) is 35.4 Å². The van der Waals surface area contributed by atoms with Gasteiger partial charge in [0.25, 0.3) is 5.56 Å². The summed E-state index contributed by atoms with van der Waals surface area (Å²) in [5, 5.41) is 10.9. The van der Waals surface area contributed by atoms with E-state index in [0.717, 1.165) is 31.2 Å². The van der Waals surface area contributed by atoms with Crippen LogP contribution in [0.25, 0.3) is 22.6 Å². The zero-order chi connectivity index (χ0) is 19.4. The van der Waals surface area contributed by atoms with Crippen LogP contribution in [-0.4, -0.2) is 30.7 Å². The Morgan fingerprint density at radius 2 is 1.96 bits per heavy atom. The van der Waals surface area contributed by atoms with Gasteiger partial charge in [0.15, 0.2) is 11.2 Å². The second-order valence-electron chi connectivity index (χ2n) is 6.90. The molecule has 0 fully saturated rings. The topological polar surface area (TPSA) is 83.8 Å². The lowest BCUT2D eigenvalue weighted by atomic mass is 10.0. The molecule has 7 heteroatoms. The largest absolute Gasteiger partial charge is 0.391 e. The molecule has 2 N–H and O–H groups in total. The van der Waals surface area contributed by atoms with E-state index in [-0.39, 0.29) is 17.1 Å². The first kappa shape index (κ1) is 19.6. The average molecular weight is 389 g/mol. The van der Waals surface area contributed by atoms with Crippen molar-refractivity contribution in [3.05, 3.63) is 46.0 Å². The molecule has 0 aliphatic heterocycles. The van der Waals surface area contributed by atoms with Gasteiger partial charge in [-0.05, 0) is 37.6 Å². The maximum atomic E-state index is 12.5. The van der Waals surface area contributed by atoms with Crippen molar-refractivity contribution in [2.24, 2.45) is 0 Å². The highest BCUT2D eigenvalue weighted by atomic mass is 35.5. The molecule has 0 bridgehead atoms. The molecule has 3 rings (SSSR count). The minimum atomic E-state index is -0.566. The van der Waals surface area contributed by atoms with Crippen LogP contribution in [0.2, 0.25) is 5.02 Å². The first-order chi connectivity index (χ1) is 13.0. The van der Waals surface area contributed by atoms with Crippen molar-refractivity contribution in [2.45, 2.75) is 58.1 Å². The molecule has 0 amide bonds. The number of rotatable bonds is 8. The minimum absolute atomic E-state index is 0.167. The molecule has 0 saturated heterocycles. The van der Waals surface area contributed by atoms with Gasteiger partial charge < -0.3 is 14.7 Å². The number of H-pyrrole nitrogens is 1. The van der Waals surface area contributed by atoms with E-state index in [1.807, 2.05) is 16.7 Å². The molecule has 3 aromatic rings. The van der Waals surface area contributed by atoms with E-state index in [2.05, 4.69) is 21.9 Å². The van der Waals surface area contributed by atoms with Crippen LogP contribution in [-0.2, 0) is 0 Å². The number of halogens is 1. The van der Waals surface area contributed by atoms with Crippen molar-refractivity contribution in [1.82, 2.24) is 19.5 Å². The Morgan fingerprint density at radius 1 is 1.22 bits per heavy atom. The van der Waals surface area contributed by atoms with Gasteiger partial charge >= 0.3 is 0 Å². The van der Waals surface area contributed by atoms with Gasteiger partial charge in [0.1, 0.15) is 5.82 Å². The number of aliphatic hydroxyl groups excluding tert-OH is 1. The summed E-state index contributed by atoms with van der Waals surface area (Å²) >= 11 is 5.95. The fraction of sp³-hybridized carbons (Fsp3) is 0.450. The van der Waals surface area contributed by atoms with E-state index in [0.29, 0.717) is 16.5 Å². The van der Waals surface area contributed by atoms with Gasteiger partial charge in [-0.1, -0.05) is 44.2 Å². The van der Waals surface area contributed by atoms with Gasteiger partial charge in [0.05, 0.1) is 18.5 Å².